The van der Waals surface area contributed by atoms with E-state index in [0.717, 1.165) is 40.2 Å². The standard InChI is InChI=1S/C29H29N3O2/c1-2-10-24-13-6-9-16-27(24)34-22-21-32-26-15-8-7-14-25(26)31-28(32)19-20-30-29(33)18-17-23-11-4-3-5-12-23/h2-9,11-18H,1,10,19-22H2,(H,30,33)/b18-17+. The zero-order chi connectivity index (χ0) is 23.6. The van der Waals surface area contributed by atoms with Gasteiger partial charge in [-0.1, -0.05) is 66.7 Å². The lowest BCUT2D eigenvalue weighted by Gasteiger charge is -2.13. The van der Waals surface area contributed by atoms with E-state index in [-0.39, 0.29) is 5.91 Å². The lowest BCUT2D eigenvalue weighted by atomic mass is 10.1. The van der Waals surface area contributed by atoms with Crippen LogP contribution in [-0.4, -0.2) is 28.6 Å². The van der Waals surface area contributed by atoms with Gasteiger partial charge in [0.25, 0.3) is 0 Å². The second-order valence-corrected chi connectivity index (χ2v) is 7.90. The van der Waals surface area contributed by atoms with Gasteiger partial charge in [-0.15, -0.1) is 6.58 Å². The smallest absolute Gasteiger partial charge is 0.244 e. The van der Waals surface area contributed by atoms with E-state index >= 15 is 0 Å². The number of allylic oxidation sites excluding steroid dienone is 1. The Labute approximate surface area is 200 Å². The Morgan fingerprint density at radius 3 is 2.62 bits per heavy atom. The van der Waals surface area contributed by atoms with Gasteiger partial charge in [0.2, 0.25) is 5.91 Å². The molecule has 0 aliphatic heterocycles. The van der Waals surface area contributed by atoms with Gasteiger partial charge >= 0.3 is 0 Å². The van der Waals surface area contributed by atoms with Crippen molar-refractivity contribution in [3.05, 3.63) is 115 Å². The molecule has 34 heavy (non-hydrogen) atoms. The fourth-order valence-electron chi connectivity index (χ4n) is 3.87. The highest BCUT2D eigenvalue weighted by atomic mass is 16.5. The number of carbonyl (C=O) groups excluding carboxylic acids is 1. The number of amides is 1. The molecule has 1 heterocycles. The maximum absolute atomic E-state index is 12.2. The van der Waals surface area contributed by atoms with Crippen molar-refractivity contribution in [3.63, 3.8) is 0 Å². The van der Waals surface area contributed by atoms with Crippen LogP contribution in [0.2, 0.25) is 0 Å². The molecule has 1 N–H and O–H groups in total. The van der Waals surface area contributed by atoms with Crippen LogP contribution in [0.25, 0.3) is 17.1 Å². The molecule has 5 nitrogen and oxygen atoms in total. The van der Waals surface area contributed by atoms with Crippen LogP contribution in [0.1, 0.15) is 17.0 Å². The van der Waals surface area contributed by atoms with Gasteiger partial charge in [-0.2, -0.15) is 0 Å². The van der Waals surface area contributed by atoms with Crippen molar-refractivity contribution < 1.29 is 9.53 Å². The third-order valence-electron chi connectivity index (χ3n) is 5.52. The second kappa shape index (κ2) is 11.7. The molecule has 0 unspecified atom stereocenters. The topological polar surface area (TPSA) is 56.1 Å². The fraction of sp³-hybridized carbons (Fsp3) is 0.172. The molecule has 172 valence electrons. The quantitative estimate of drug-likeness (QED) is 0.251. The first-order valence-electron chi connectivity index (χ1n) is 11.5. The summed E-state index contributed by atoms with van der Waals surface area (Å²) in [5.74, 6) is 1.69. The third kappa shape index (κ3) is 6.01. The summed E-state index contributed by atoms with van der Waals surface area (Å²) in [5.41, 5.74) is 4.13. The minimum Gasteiger partial charge on any atom is -0.491 e. The minimum atomic E-state index is -0.117. The molecule has 0 saturated heterocycles. The normalized spacial score (nSPS) is 11.1. The molecule has 1 amide bonds. The molecule has 1 aromatic heterocycles. The zero-order valence-electron chi connectivity index (χ0n) is 19.2. The molecule has 0 spiro atoms. The molecule has 0 fully saturated rings. The minimum absolute atomic E-state index is 0.117. The first-order chi connectivity index (χ1) is 16.7. The summed E-state index contributed by atoms with van der Waals surface area (Å²) in [4.78, 5) is 17.0. The molecule has 0 atom stereocenters. The Morgan fingerprint density at radius 1 is 1.00 bits per heavy atom. The number of carbonyl (C=O) groups is 1. The van der Waals surface area contributed by atoms with Crippen LogP contribution in [0.4, 0.5) is 0 Å². The molecule has 3 aromatic carbocycles. The molecule has 0 saturated carbocycles. The molecule has 4 aromatic rings. The molecule has 0 aliphatic rings. The molecule has 4 rings (SSSR count). The highest BCUT2D eigenvalue weighted by molar-refractivity contribution is 5.91. The Hall–Kier alpha value is -4.12. The number of fused-ring (bicyclic) bond motifs is 1. The van der Waals surface area contributed by atoms with Crippen molar-refractivity contribution in [2.24, 2.45) is 0 Å². The number of para-hydroxylation sites is 3. The van der Waals surface area contributed by atoms with Gasteiger partial charge in [-0.25, -0.2) is 4.98 Å². The predicted octanol–water partition coefficient (Wildman–Crippen LogP) is 5.22. The molecular weight excluding hydrogens is 422 g/mol. The van der Waals surface area contributed by atoms with Gasteiger partial charge in [0.05, 0.1) is 17.6 Å². The van der Waals surface area contributed by atoms with Crippen LogP contribution in [0.15, 0.2) is 97.6 Å². The number of hydrogen-bond donors (Lipinski definition) is 1. The predicted molar refractivity (Wildman–Crippen MR) is 138 cm³/mol. The summed E-state index contributed by atoms with van der Waals surface area (Å²) in [6.45, 7) is 5.52. The molecular formula is C29H29N3O2. The van der Waals surface area contributed by atoms with E-state index in [1.54, 1.807) is 6.08 Å². The Bertz CT molecular complexity index is 1280. The molecule has 0 radical (unpaired) electrons. The summed E-state index contributed by atoms with van der Waals surface area (Å²) in [6.07, 6.45) is 6.66. The zero-order valence-corrected chi connectivity index (χ0v) is 19.2. The summed E-state index contributed by atoms with van der Waals surface area (Å²) >= 11 is 0. The Balaban J connectivity index is 1.39. The highest BCUT2D eigenvalue weighted by Crippen LogP contribution is 2.20. The summed E-state index contributed by atoms with van der Waals surface area (Å²) in [5, 5.41) is 2.96. The monoisotopic (exact) mass is 451 g/mol. The number of hydrogen-bond acceptors (Lipinski definition) is 3. The molecule has 0 aliphatic carbocycles. The number of nitrogens with one attached hydrogen (secondary N) is 1. The van der Waals surface area contributed by atoms with Crippen molar-refractivity contribution in [1.29, 1.82) is 0 Å². The fourth-order valence-corrected chi connectivity index (χ4v) is 3.87. The number of ether oxygens (including phenoxy) is 1. The number of rotatable bonds is 11. The van der Waals surface area contributed by atoms with Crippen LogP contribution in [0.3, 0.4) is 0 Å². The highest BCUT2D eigenvalue weighted by Gasteiger charge is 2.11. The van der Waals surface area contributed by atoms with Gasteiger partial charge < -0.3 is 14.6 Å². The maximum atomic E-state index is 12.2. The van der Waals surface area contributed by atoms with Crippen LogP contribution < -0.4 is 10.1 Å². The van der Waals surface area contributed by atoms with E-state index in [1.807, 2.05) is 78.9 Å². The molecule has 0 bridgehead atoms. The number of imidazole rings is 1. The Kier molecular flexibility index (Phi) is 7.90. The van der Waals surface area contributed by atoms with E-state index in [1.165, 1.54) is 0 Å². The van der Waals surface area contributed by atoms with Crippen molar-refractivity contribution in [2.75, 3.05) is 13.2 Å². The van der Waals surface area contributed by atoms with Crippen LogP contribution in [0.5, 0.6) is 5.75 Å². The second-order valence-electron chi connectivity index (χ2n) is 7.90. The van der Waals surface area contributed by atoms with Crippen LogP contribution in [-0.2, 0) is 24.2 Å². The van der Waals surface area contributed by atoms with Gasteiger partial charge in [0, 0.05) is 19.0 Å². The van der Waals surface area contributed by atoms with Crippen LogP contribution in [0, 0.1) is 0 Å². The van der Waals surface area contributed by atoms with E-state index in [0.29, 0.717) is 26.1 Å². The molecule has 5 heteroatoms. The number of nitrogens with zero attached hydrogens (tertiary/aromatic N) is 2. The van der Waals surface area contributed by atoms with Crippen LogP contribution >= 0.6 is 0 Å². The lowest BCUT2D eigenvalue weighted by Crippen LogP contribution is -2.25. The first kappa shape index (κ1) is 23.1. The third-order valence-corrected chi connectivity index (χ3v) is 5.52. The van der Waals surface area contributed by atoms with E-state index < -0.39 is 0 Å². The van der Waals surface area contributed by atoms with Crippen molar-refractivity contribution >= 4 is 23.0 Å². The van der Waals surface area contributed by atoms with Gasteiger partial charge in [-0.3, -0.25) is 4.79 Å². The van der Waals surface area contributed by atoms with Gasteiger partial charge in [0.1, 0.15) is 18.2 Å². The van der Waals surface area contributed by atoms with E-state index in [9.17, 15) is 4.79 Å². The summed E-state index contributed by atoms with van der Waals surface area (Å²) in [7, 11) is 0. The van der Waals surface area contributed by atoms with E-state index in [4.69, 9.17) is 9.72 Å². The number of benzene rings is 3. The first-order valence-corrected chi connectivity index (χ1v) is 11.5. The number of aromatic nitrogens is 2. The average Bonchev–Trinajstić information content (AvgIpc) is 3.22. The summed E-state index contributed by atoms with van der Waals surface area (Å²) < 4.78 is 8.29. The SMILES string of the molecule is C=CCc1ccccc1OCCn1c(CCNC(=O)/C=C/c2ccccc2)nc2ccccc21. The van der Waals surface area contributed by atoms with Gasteiger partial charge in [0.15, 0.2) is 0 Å². The van der Waals surface area contributed by atoms with Crippen molar-refractivity contribution in [1.82, 2.24) is 14.9 Å². The average molecular weight is 452 g/mol. The van der Waals surface area contributed by atoms with Crippen molar-refractivity contribution in [2.45, 2.75) is 19.4 Å². The maximum Gasteiger partial charge on any atom is 0.244 e. The lowest BCUT2D eigenvalue weighted by molar-refractivity contribution is -0.116. The van der Waals surface area contributed by atoms with Crippen molar-refractivity contribution in [3.8, 4) is 5.75 Å². The van der Waals surface area contributed by atoms with Gasteiger partial charge in [-0.05, 0) is 41.8 Å². The summed E-state index contributed by atoms with van der Waals surface area (Å²) in [6, 6.07) is 25.9. The largest absolute Gasteiger partial charge is 0.491 e. The van der Waals surface area contributed by atoms with E-state index in [2.05, 4.69) is 28.6 Å². The Morgan fingerprint density at radius 2 is 1.76 bits per heavy atom.